The van der Waals surface area contributed by atoms with Crippen molar-refractivity contribution in [3.8, 4) is 0 Å². The number of fused-ring (bicyclic) bond motifs is 4. The third kappa shape index (κ3) is 3.44. The smallest absolute Gasteiger partial charge is 0.168 e. The fraction of sp³-hybridized carbons (Fsp3) is 0.300. The minimum Gasteiger partial charge on any atom is -0.368 e. The first-order chi connectivity index (χ1) is 16.4. The number of rotatable bonds is 2. The fourth-order valence-electron chi connectivity index (χ4n) is 5.81. The predicted molar refractivity (Wildman–Crippen MR) is 138 cm³/mol. The van der Waals surface area contributed by atoms with Gasteiger partial charge in [0.05, 0.1) is 0 Å². The molecule has 0 radical (unpaired) electrons. The van der Waals surface area contributed by atoms with Gasteiger partial charge in [0.15, 0.2) is 5.78 Å². The average Bonchev–Trinajstić information content (AvgIpc) is 2.84. The zero-order valence-electron chi connectivity index (χ0n) is 19.8. The van der Waals surface area contributed by atoms with Crippen molar-refractivity contribution in [1.82, 2.24) is 0 Å². The Kier molecular flexibility index (Phi) is 4.87. The van der Waals surface area contributed by atoms with E-state index in [1.165, 1.54) is 29.0 Å². The van der Waals surface area contributed by atoms with E-state index in [2.05, 4.69) is 66.1 Å². The normalized spacial score (nSPS) is 19.4. The van der Waals surface area contributed by atoms with Crippen LogP contribution in [0.1, 0.15) is 42.6 Å². The van der Waals surface area contributed by atoms with Crippen LogP contribution in [0, 0.1) is 11.2 Å². The van der Waals surface area contributed by atoms with Gasteiger partial charge >= 0.3 is 0 Å². The summed E-state index contributed by atoms with van der Waals surface area (Å²) in [7, 11) is 0. The second kappa shape index (κ2) is 7.83. The number of Topliss-reactive ketones (excluding diaryl/α,β-unsaturated/α-hetero) is 1. The summed E-state index contributed by atoms with van der Waals surface area (Å²) >= 11 is 0. The van der Waals surface area contributed by atoms with Crippen molar-refractivity contribution < 1.29 is 9.18 Å². The monoisotopic (exact) mass is 452 g/mol. The molecule has 0 aromatic heterocycles. The van der Waals surface area contributed by atoms with Gasteiger partial charge in [0.1, 0.15) is 5.82 Å². The van der Waals surface area contributed by atoms with E-state index in [-0.39, 0.29) is 17.0 Å². The van der Waals surface area contributed by atoms with Crippen LogP contribution >= 0.6 is 0 Å². The first-order valence-electron chi connectivity index (χ1n) is 12.2. The van der Waals surface area contributed by atoms with E-state index in [1.54, 1.807) is 0 Å². The van der Waals surface area contributed by atoms with Crippen LogP contribution in [0.15, 0.2) is 72.3 Å². The van der Waals surface area contributed by atoms with E-state index in [9.17, 15) is 9.18 Å². The number of halogens is 1. The minimum atomic E-state index is -0.199. The van der Waals surface area contributed by atoms with E-state index in [0.717, 1.165) is 60.2 Å². The van der Waals surface area contributed by atoms with Gasteiger partial charge in [0, 0.05) is 49.5 Å². The molecule has 3 aliphatic rings. The van der Waals surface area contributed by atoms with Gasteiger partial charge in [-0.2, -0.15) is 0 Å². The third-order valence-corrected chi connectivity index (χ3v) is 7.80. The van der Waals surface area contributed by atoms with Crippen molar-refractivity contribution >= 4 is 33.5 Å². The van der Waals surface area contributed by atoms with Crippen LogP contribution < -0.4 is 9.80 Å². The summed E-state index contributed by atoms with van der Waals surface area (Å²) in [6.07, 6.45) is 5.97. The van der Waals surface area contributed by atoms with Crippen LogP contribution in [0.3, 0.4) is 0 Å². The second-order valence-corrected chi connectivity index (χ2v) is 10.3. The van der Waals surface area contributed by atoms with Gasteiger partial charge in [-0.25, -0.2) is 4.39 Å². The molecule has 0 N–H and O–H groups in total. The lowest BCUT2D eigenvalue weighted by atomic mass is 9.68. The lowest BCUT2D eigenvalue weighted by Gasteiger charge is -2.37. The lowest BCUT2D eigenvalue weighted by Crippen LogP contribution is -2.46. The van der Waals surface area contributed by atoms with Crippen molar-refractivity contribution in [3.05, 3.63) is 89.3 Å². The Bertz CT molecular complexity index is 1360. The van der Waals surface area contributed by atoms with Gasteiger partial charge in [-0.05, 0) is 75.7 Å². The summed E-state index contributed by atoms with van der Waals surface area (Å²) in [6, 6.07) is 17.6. The highest BCUT2D eigenvalue weighted by molar-refractivity contribution is 6.16. The minimum absolute atomic E-state index is 0.0340. The quantitative estimate of drug-likeness (QED) is 0.436. The Hall–Kier alpha value is -3.40. The molecular weight excluding hydrogens is 423 g/mol. The molecule has 3 aromatic carbocycles. The van der Waals surface area contributed by atoms with Crippen LogP contribution in [-0.2, 0) is 0 Å². The van der Waals surface area contributed by atoms with Gasteiger partial charge < -0.3 is 9.80 Å². The number of carbonyl (C=O) groups excluding carboxylic acids is 1. The van der Waals surface area contributed by atoms with Gasteiger partial charge in [-0.1, -0.05) is 44.2 Å². The highest BCUT2D eigenvalue weighted by atomic mass is 19.1. The predicted octanol–water partition coefficient (Wildman–Crippen LogP) is 6.63. The lowest BCUT2D eigenvalue weighted by molar-refractivity contribution is 0.0985. The zero-order chi connectivity index (χ0) is 23.4. The summed E-state index contributed by atoms with van der Waals surface area (Å²) in [4.78, 5) is 18.0. The molecule has 6 rings (SSSR count). The van der Waals surface area contributed by atoms with Crippen molar-refractivity contribution in [2.75, 3.05) is 36.0 Å². The van der Waals surface area contributed by atoms with Crippen LogP contribution in [0.25, 0.3) is 16.3 Å². The Morgan fingerprint density at radius 1 is 0.853 bits per heavy atom. The molecule has 2 aliphatic carbocycles. The first-order valence-corrected chi connectivity index (χ1v) is 12.2. The summed E-state index contributed by atoms with van der Waals surface area (Å²) in [5, 5.41) is 2.17. The van der Waals surface area contributed by atoms with Crippen LogP contribution in [0.5, 0.6) is 0 Å². The molecule has 0 unspecified atom stereocenters. The van der Waals surface area contributed by atoms with Crippen LogP contribution in [0.4, 0.5) is 15.8 Å². The SMILES string of the molecule is CC1(C)CC=CC2=C1CC(=O)c1c2ccc2cc(N3CCN(c4ccc(F)cc4)CC3)ccc12. The van der Waals surface area contributed by atoms with Crippen LogP contribution in [-0.4, -0.2) is 32.0 Å². The number of anilines is 2. The number of nitrogens with zero attached hydrogens (tertiary/aromatic N) is 2. The summed E-state index contributed by atoms with van der Waals surface area (Å²) < 4.78 is 13.3. The maximum absolute atomic E-state index is 13.3. The van der Waals surface area contributed by atoms with Gasteiger partial charge in [-0.15, -0.1) is 0 Å². The molecule has 4 heteroatoms. The molecule has 0 spiro atoms. The number of hydrogen-bond donors (Lipinski definition) is 0. The highest BCUT2D eigenvalue weighted by Gasteiger charge is 2.35. The van der Waals surface area contributed by atoms with E-state index in [1.807, 2.05) is 12.1 Å². The van der Waals surface area contributed by atoms with Crippen molar-refractivity contribution in [3.63, 3.8) is 0 Å². The number of piperazine rings is 1. The molecule has 1 fully saturated rings. The Morgan fingerprint density at radius 3 is 2.26 bits per heavy atom. The molecule has 1 aliphatic heterocycles. The standard InChI is InChI=1S/C30H29FN2O/c1-30(2)13-3-4-25-26-11-5-20-18-23(10-12-24(20)29(26)28(34)19-27(25)30)33-16-14-32(15-17-33)22-8-6-21(31)7-9-22/h3-12,18H,13-17,19H2,1-2H3. The summed E-state index contributed by atoms with van der Waals surface area (Å²) in [5.74, 6) is 0.0401. The van der Waals surface area contributed by atoms with Gasteiger partial charge in [0.25, 0.3) is 0 Å². The number of carbonyl (C=O) groups is 1. The van der Waals surface area contributed by atoms with E-state index < -0.39 is 0 Å². The van der Waals surface area contributed by atoms with Crippen molar-refractivity contribution in [2.45, 2.75) is 26.7 Å². The summed E-state index contributed by atoms with van der Waals surface area (Å²) in [5.41, 5.74) is 6.78. The maximum atomic E-state index is 13.3. The Labute approximate surface area is 200 Å². The van der Waals surface area contributed by atoms with E-state index in [4.69, 9.17) is 0 Å². The molecule has 34 heavy (non-hydrogen) atoms. The first kappa shape index (κ1) is 21.2. The highest BCUT2D eigenvalue weighted by Crippen LogP contribution is 2.47. The molecule has 0 bridgehead atoms. The molecule has 3 aromatic rings. The molecule has 0 atom stereocenters. The molecule has 0 saturated carbocycles. The van der Waals surface area contributed by atoms with E-state index >= 15 is 0 Å². The maximum Gasteiger partial charge on any atom is 0.168 e. The number of benzene rings is 3. The fourth-order valence-corrected chi connectivity index (χ4v) is 5.81. The van der Waals surface area contributed by atoms with Crippen molar-refractivity contribution in [1.29, 1.82) is 0 Å². The topological polar surface area (TPSA) is 23.6 Å². The molecular formula is C30H29FN2O. The zero-order valence-corrected chi connectivity index (χ0v) is 19.8. The third-order valence-electron chi connectivity index (χ3n) is 7.80. The second-order valence-electron chi connectivity index (χ2n) is 10.3. The Morgan fingerprint density at radius 2 is 1.53 bits per heavy atom. The summed E-state index contributed by atoms with van der Waals surface area (Å²) in [6.45, 7) is 8.09. The average molecular weight is 453 g/mol. The number of ketones is 1. The molecule has 3 nitrogen and oxygen atoms in total. The molecule has 172 valence electrons. The van der Waals surface area contributed by atoms with Crippen molar-refractivity contribution in [2.24, 2.45) is 5.41 Å². The van der Waals surface area contributed by atoms with E-state index in [0.29, 0.717) is 6.42 Å². The Balaban J connectivity index is 1.29. The van der Waals surface area contributed by atoms with Crippen LogP contribution in [0.2, 0.25) is 0 Å². The largest absolute Gasteiger partial charge is 0.368 e. The molecule has 1 saturated heterocycles. The molecule has 1 heterocycles. The number of allylic oxidation sites excluding steroid dienone is 4. The van der Waals surface area contributed by atoms with Gasteiger partial charge in [-0.3, -0.25) is 4.79 Å². The number of hydrogen-bond acceptors (Lipinski definition) is 3. The molecule has 0 amide bonds. The van der Waals surface area contributed by atoms with Gasteiger partial charge in [0.2, 0.25) is 0 Å².